The monoisotopic (exact) mass is 254 g/mol. The minimum Gasteiger partial charge on any atom is -0.381 e. The first-order chi connectivity index (χ1) is 8.63. The van der Waals surface area contributed by atoms with Crippen LogP contribution in [0.1, 0.15) is 12.8 Å². The van der Waals surface area contributed by atoms with Crippen molar-refractivity contribution in [2.24, 2.45) is 5.92 Å². The van der Waals surface area contributed by atoms with Crippen LogP contribution in [-0.4, -0.2) is 35.6 Å². The summed E-state index contributed by atoms with van der Waals surface area (Å²) < 4.78 is 26.6. The van der Waals surface area contributed by atoms with Gasteiger partial charge in [0, 0.05) is 18.7 Å². The van der Waals surface area contributed by atoms with Crippen molar-refractivity contribution in [2.45, 2.75) is 18.9 Å². The maximum absolute atomic E-state index is 13.6. The van der Waals surface area contributed by atoms with Gasteiger partial charge in [0.1, 0.15) is 0 Å². The normalized spacial score (nSPS) is 30.4. The van der Waals surface area contributed by atoms with Gasteiger partial charge in [-0.15, -0.1) is 0 Å². The lowest BCUT2D eigenvalue weighted by atomic mass is 9.84. The standard InChI is InChI=1S/C12H16F2N4/c13-8-5-9(14)12(17-11(8)15)16-10-6-18-3-1-7(10)2-4-18/h5,7,10H,1-4,6H2,(H3,15,16,17). The molecule has 1 aromatic heterocycles. The number of pyridine rings is 1. The largest absolute Gasteiger partial charge is 0.381 e. The highest BCUT2D eigenvalue weighted by atomic mass is 19.1. The second-order valence-corrected chi connectivity index (χ2v) is 5.07. The van der Waals surface area contributed by atoms with Crippen LogP contribution in [-0.2, 0) is 0 Å². The molecule has 1 atom stereocenters. The Morgan fingerprint density at radius 1 is 1.28 bits per heavy atom. The van der Waals surface area contributed by atoms with Crippen LogP contribution in [0.15, 0.2) is 6.07 Å². The average molecular weight is 254 g/mol. The van der Waals surface area contributed by atoms with E-state index in [1.165, 1.54) is 0 Å². The van der Waals surface area contributed by atoms with E-state index in [9.17, 15) is 8.78 Å². The van der Waals surface area contributed by atoms with E-state index >= 15 is 0 Å². The number of piperidine rings is 3. The van der Waals surface area contributed by atoms with Crippen molar-refractivity contribution in [2.75, 3.05) is 30.7 Å². The predicted octanol–water partition coefficient (Wildman–Crippen LogP) is 1.45. The molecule has 2 bridgehead atoms. The van der Waals surface area contributed by atoms with Crippen molar-refractivity contribution >= 4 is 11.6 Å². The summed E-state index contributed by atoms with van der Waals surface area (Å²) in [7, 11) is 0. The molecular formula is C12H16F2N4. The second kappa shape index (κ2) is 4.35. The summed E-state index contributed by atoms with van der Waals surface area (Å²) in [5, 5.41) is 3.07. The van der Waals surface area contributed by atoms with Crippen LogP contribution in [0.5, 0.6) is 0 Å². The molecule has 3 aliphatic heterocycles. The molecule has 3 saturated heterocycles. The molecule has 4 heterocycles. The fraction of sp³-hybridized carbons (Fsp3) is 0.583. The molecule has 0 aromatic carbocycles. The molecule has 1 aromatic rings. The average Bonchev–Trinajstić information content (AvgIpc) is 2.37. The fourth-order valence-electron chi connectivity index (χ4n) is 2.89. The minimum absolute atomic E-state index is 0.0626. The zero-order valence-electron chi connectivity index (χ0n) is 10.00. The van der Waals surface area contributed by atoms with E-state index < -0.39 is 11.6 Å². The molecule has 3 N–H and O–H groups in total. The number of fused-ring (bicyclic) bond motifs is 3. The summed E-state index contributed by atoms with van der Waals surface area (Å²) in [4.78, 5) is 6.10. The Labute approximate surface area is 104 Å². The van der Waals surface area contributed by atoms with E-state index in [2.05, 4.69) is 15.2 Å². The first-order valence-electron chi connectivity index (χ1n) is 6.24. The molecular weight excluding hydrogens is 238 g/mol. The van der Waals surface area contributed by atoms with Gasteiger partial charge in [-0.05, 0) is 31.8 Å². The van der Waals surface area contributed by atoms with E-state index in [1.807, 2.05) is 0 Å². The number of anilines is 2. The molecule has 6 heteroatoms. The van der Waals surface area contributed by atoms with Gasteiger partial charge in [0.05, 0.1) is 0 Å². The van der Waals surface area contributed by atoms with E-state index in [0.29, 0.717) is 5.92 Å². The maximum atomic E-state index is 13.6. The fourth-order valence-corrected chi connectivity index (χ4v) is 2.89. The number of aromatic nitrogens is 1. The number of nitrogen functional groups attached to an aromatic ring is 1. The van der Waals surface area contributed by atoms with E-state index in [-0.39, 0.29) is 17.7 Å². The minimum atomic E-state index is -0.813. The van der Waals surface area contributed by atoms with Gasteiger partial charge < -0.3 is 16.0 Å². The van der Waals surface area contributed by atoms with Crippen LogP contribution in [0.3, 0.4) is 0 Å². The van der Waals surface area contributed by atoms with Gasteiger partial charge in [0.15, 0.2) is 23.3 Å². The van der Waals surface area contributed by atoms with Crippen molar-refractivity contribution in [1.29, 1.82) is 0 Å². The molecule has 0 amide bonds. The number of hydrogen-bond donors (Lipinski definition) is 2. The molecule has 4 rings (SSSR count). The zero-order valence-corrected chi connectivity index (χ0v) is 10.00. The van der Waals surface area contributed by atoms with Crippen LogP contribution in [0.2, 0.25) is 0 Å². The summed E-state index contributed by atoms with van der Waals surface area (Å²) in [6, 6.07) is 0.964. The van der Waals surface area contributed by atoms with E-state index in [4.69, 9.17) is 5.73 Å². The maximum Gasteiger partial charge on any atom is 0.168 e. The van der Waals surface area contributed by atoms with Gasteiger partial charge in [-0.2, -0.15) is 0 Å². The molecule has 0 saturated carbocycles. The zero-order chi connectivity index (χ0) is 12.7. The molecule has 3 fully saturated rings. The summed E-state index contributed by atoms with van der Waals surface area (Å²) in [5.41, 5.74) is 5.37. The van der Waals surface area contributed by atoms with Gasteiger partial charge in [0.25, 0.3) is 0 Å². The van der Waals surface area contributed by atoms with Crippen LogP contribution in [0, 0.1) is 17.6 Å². The topological polar surface area (TPSA) is 54.2 Å². The third kappa shape index (κ3) is 2.01. The van der Waals surface area contributed by atoms with E-state index in [0.717, 1.165) is 38.5 Å². The smallest absolute Gasteiger partial charge is 0.168 e. The Hall–Kier alpha value is -1.43. The van der Waals surface area contributed by atoms with Gasteiger partial charge in [-0.3, -0.25) is 0 Å². The van der Waals surface area contributed by atoms with Crippen LogP contribution in [0.25, 0.3) is 0 Å². The van der Waals surface area contributed by atoms with Crippen molar-refractivity contribution in [1.82, 2.24) is 9.88 Å². The summed E-state index contributed by atoms with van der Waals surface area (Å²) >= 11 is 0. The Kier molecular flexibility index (Phi) is 2.81. The van der Waals surface area contributed by atoms with Gasteiger partial charge in [-0.1, -0.05) is 0 Å². The SMILES string of the molecule is Nc1nc(NC2CN3CCC2CC3)c(F)cc1F. The van der Waals surface area contributed by atoms with Crippen molar-refractivity contribution < 1.29 is 8.78 Å². The second-order valence-electron chi connectivity index (χ2n) is 5.07. The van der Waals surface area contributed by atoms with Gasteiger partial charge in [0.2, 0.25) is 0 Å². The summed E-state index contributed by atoms with van der Waals surface area (Å²) in [6.45, 7) is 3.12. The third-order valence-electron chi connectivity index (χ3n) is 3.93. The van der Waals surface area contributed by atoms with Crippen LogP contribution >= 0.6 is 0 Å². The van der Waals surface area contributed by atoms with Crippen LogP contribution < -0.4 is 11.1 Å². The lowest BCUT2D eigenvalue weighted by Crippen LogP contribution is -2.53. The molecule has 4 nitrogen and oxygen atoms in total. The third-order valence-corrected chi connectivity index (χ3v) is 3.93. The number of rotatable bonds is 2. The molecule has 0 aliphatic carbocycles. The molecule has 98 valence electrons. The first kappa shape index (κ1) is 11.6. The molecule has 1 unspecified atom stereocenters. The number of nitrogens with two attached hydrogens (primary N) is 1. The van der Waals surface area contributed by atoms with E-state index in [1.54, 1.807) is 0 Å². The van der Waals surface area contributed by atoms with Crippen molar-refractivity contribution in [3.8, 4) is 0 Å². The lowest BCUT2D eigenvalue weighted by molar-refractivity contribution is 0.0972. The highest BCUT2D eigenvalue weighted by Gasteiger charge is 2.34. The van der Waals surface area contributed by atoms with Gasteiger partial charge >= 0.3 is 0 Å². The molecule has 18 heavy (non-hydrogen) atoms. The Balaban J connectivity index is 1.78. The lowest BCUT2D eigenvalue weighted by Gasteiger charge is -2.45. The summed E-state index contributed by atoms with van der Waals surface area (Å²) in [6.07, 6.45) is 2.24. The Morgan fingerprint density at radius 2 is 2.00 bits per heavy atom. The van der Waals surface area contributed by atoms with Crippen molar-refractivity contribution in [3.63, 3.8) is 0 Å². The number of nitrogens with zero attached hydrogens (tertiary/aromatic N) is 2. The number of halogens is 2. The van der Waals surface area contributed by atoms with Crippen LogP contribution in [0.4, 0.5) is 20.4 Å². The number of nitrogens with one attached hydrogen (secondary N) is 1. The molecule has 0 radical (unpaired) electrons. The summed E-state index contributed by atoms with van der Waals surface area (Å²) in [5.74, 6) is -1.15. The van der Waals surface area contributed by atoms with Crippen molar-refractivity contribution in [3.05, 3.63) is 17.7 Å². The highest BCUT2D eigenvalue weighted by Crippen LogP contribution is 2.30. The molecule has 3 aliphatic rings. The van der Waals surface area contributed by atoms with Gasteiger partial charge in [-0.25, -0.2) is 13.8 Å². The first-order valence-corrected chi connectivity index (χ1v) is 6.24. The highest BCUT2D eigenvalue weighted by molar-refractivity contribution is 5.45. The quantitative estimate of drug-likeness (QED) is 0.838. The molecule has 0 spiro atoms. The Bertz CT molecular complexity index is 458. The Morgan fingerprint density at radius 3 is 2.61 bits per heavy atom. The predicted molar refractivity (Wildman–Crippen MR) is 65.1 cm³/mol. The number of hydrogen-bond acceptors (Lipinski definition) is 4.